The largest absolute Gasteiger partial charge is 0.497 e. The zero-order valence-corrected chi connectivity index (χ0v) is 8.49. The fourth-order valence-corrected chi connectivity index (χ4v) is 1.78. The molecule has 76 valence electrons. The van der Waals surface area contributed by atoms with Crippen LogP contribution in [-0.2, 0) is 0 Å². The summed E-state index contributed by atoms with van der Waals surface area (Å²) >= 11 is 0. The third-order valence-corrected chi connectivity index (χ3v) is 2.67. The van der Waals surface area contributed by atoms with Crippen LogP contribution in [0.15, 0.2) is 18.2 Å². The number of fused-ring (bicyclic) bond motifs is 1. The third-order valence-electron chi connectivity index (χ3n) is 2.67. The van der Waals surface area contributed by atoms with Gasteiger partial charge in [-0.05, 0) is 13.0 Å². The summed E-state index contributed by atoms with van der Waals surface area (Å²) in [4.78, 5) is 0. The smallest absolute Gasteiger partial charge is 0.126 e. The van der Waals surface area contributed by atoms with E-state index in [2.05, 4.69) is 0 Å². The van der Waals surface area contributed by atoms with E-state index in [1.165, 1.54) is 5.56 Å². The van der Waals surface area contributed by atoms with Crippen molar-refractivity contribution in [2.75, 3.05) is 13.7 Å². The summed E-state index contributed by atoms with van der Waals surface area (Å²) in [6, 6.07) is 6.03. The molecule has 0 saturated carbocycles. The van der Waals surface area contributed by atoms with Crippen LogP contribution < -0.4 is 15.2 Å². The molecule has 2 unspecified atom stereocenters. The Morgan fingerprint density at radius 1 is 1.57 bits per heavy atom. The van der Waals surface area contributed by atoms with Gasteiger partial charge in [-0.25, -0.2) is 0 Å². The van der Waals surface area contributed by atoms with E-state index in [1.807, 2.05) is 25.1 Å². The van der Waals surface area contributed by atoms with Crippen molar-refractivity contribution in [3.8, 4) is 11.5 Å². The standard InChI is InChI=1S/C11H15NO2/c1-7(12)10-6-14-11-5-8(13-2)3-4-9(10)11/h3-5,7,10H,6,12H2,1-2H3. The van der Waals surface area contributed by atoms with Gasteiger partial charge in [0, 0.05) is 23.6 Å². The quantitative estimate of drug-likeness (QED) is 0.774. The van der Waals surface area contributed by atoms with Crippen LogP contribution in [0.2, 0.25) is 0 Å². The minimum atomic E-state index is 0.129. The average Bonchev–Trinajstić information content (AvgIpc) is 2.59. The molecule has 0 aromatic heterocycles. The first-order chi connectivity index (χ1) is 6.72. The zero-order valence-electron chi connectivity index (χ0n) is 8.49. The molecule has 0 bridgehead atoms. The first-order valence-corrected chi connectivity index (χ1v) is 4.78. The third kappa shape index (κ3) is 1.44. The van der Waals surface area contributed by atoms with Crippen LogP contribution in [-0.4, -0.2) is 19.8 Å². The fraction of sp³-hybridized carbons (Fsp3) is 0.455. The Balaban J connectivity index is 2.33. The van der Waals surface area contributed by atoms with E-state index < -0.39 is 0 Å². The van der Waals surface area contributed by atoms with Gasteiger partial charge in [0.2, 0.25) is 0 Å². The minimum absolute atomic E-state index is 0.129. The summed E-state index contributed by atoms with van der Waals surface area (Å²) in [6.45, 7) is 2.69. The lowest BCUT2D eigenvalue weighted by Crippen LogP contribution is -2.25. The van der Waals surface area contributed by atoms with E-state index in [9.17, 15) is 0 Å². The van der Waals surface area contributed by atoms with Crippen molar-refractivity contribution in [2.45, 2.75) is 18.9 Å². The summed E-state index contributed by atoms with van der Waals surface area (Å²) in [5.74, 6) is 2.05. The molecule has 2 N–H and O–H groups in total. The second kappa shape index (κ2) is 3.50. The van der Waals surface area contributed by atoms with E-state index in [0.29, 0.717) is 12.5 Å². The lowest BCUT2D eigenvalue weighted by Gasteiger charge is -2.12. The van der Waals surface area contributed by atoms with E-state index in [1.54, 1.807) is 7.11 Å². The van der Waals surface area contributed by atoms with Crippen molar-refractivity contribution in [1.29, 1.82) is 0 Å². The van der Waals surface area contributed by atoms with Crippen molar-refractivity contribution in [3.63, 3.8) is 0 Å². The molecule has 2 atom stereocenters. The molecule has 0 aliphatic carbocycles. The molecule has 1 heterocycles. The van der Waals surface area contributed by atoms with Gasteiger partial charge in [-0.2, -0.15) is 0 Å². The number of hydrogen-bond acceptors (Lipinski definition) is 3. The maximum Gasteiger partial charge on any atom is 0.126 e. The van der Waals surface area contributed by atoms with Gasteiger partial charge in [-0.1, -0.05) is 6.07 Å². The van der Waals surface area contributed by atoms with Crippen molar-refractivity contribution in [3.05, 3.63) is 23.8 Å². The Bertz CT molecular complexity index is 336. The Morgan fingerprint density at radius 3 is 3.00 bits per heavy atom. The van der Waals surface area contributed by atoms with E-state index >= 15 is 0 Å². The summed E-state index contributed by atoms with van der Waals surface area (Å²) in [7, 11) is 1.65. The number of benzene rings is 1. The monoisotopic (exact) mass is 193 g/mol. The molecule has 0 radical (unpaired) electrons. The van der Waals surface area contributed by atoms with Crippen LogP contribution in [0.3, 0.4) is 0 Å². The molecular formula is C11H15NO2. The minimum Gasteiger partial charge on any atom is -0.497 e. The molecule has 1 aliphatic rings. The Labute approximate surface area is 83.8 Å². The highest BCUT2D eigenvalue weighted by Gasteiger charge is 2.27. The number of ether oxygens (including phenoxy) is 2. The first kappa shape index (κ1) is 9.34. The SMILES string of the molecule is COc1ccc2c(c1)OCC2C(C)N. The summed E-state index contributed by atoms with van der Waals surface area (Å²) in [6.07, 6.45) is 0. The predicted octanol–water partition coefficient (Wildman–Crippen LogP) is 1.52. The molecule has 1 aromatic carbocycles. The van der Waals surface area contributed by atoms with Crippen molar-refractivity contribution in [2.24, 2.45) is 5.73 Å². The molecule has 1 aromatic rings. The number of methoxy groups -OCH3 is 1. The Kier molecular flexibility index (Phi) is 2.33. The maximum absolute atomic E-state index is 5.87. The van der Waals surface area contributed by atoms with Gasteiger partial charge in [-0.15, -0.1) is 0 Å². The van der Waals surface area contributed by atoms with Gasteiger partial charge in [0.15, 0.2) is 0 Å². The average molecular weight is 193 g/mol. The predicted molar refractivity (Wildman–Crippen MR) is 54.9 cm³/mol. The van der Waals surface area contributed by atoms with E-state index in [-0.39, 0.29) is 6.04 Å². The molecule has 0 spiro atoms. The highest BCUT2D eigenvalue weighted by molar-refractivity contribution is 5.45. The van der Waals surface area contributed by atoms with Crippen molar-refractivity contribution in [1.82, 2.24) is 0 Å². The fourth-order valence-electron chi connectivity index (χ4n) is 1.78. The van der Waals surface area contributed by atoms with Crippen LogP contribution in [0, 0.1) is 0 Å². The molecule has 2 rings (SSSR count). The first-order valence-electron chi connectivity index (χ1n) is 4.78. The van der Waals surface area contributed by atoms with Crippen molar-refractivity contribution >= 4 is 0 Å². The summed E-state index contributed by atoms with van der Waals surface area (Å²) < 4.78 is 10.7. The van der Waals surface area contributed by atoms with Gasteiger partial charge in [0.25, 0.3) is 0 Å². The lowest BCUT2D eigenvalue weighted by molar-refractivity contribution is 0.316. The van der Waals surface area contributed by atoms with Gasteiger partial charge in [0.1, 0.15) is 11.5 Å². The van der Waals surface area contributed by atoms with E-state index in [4.69, 9.17) is 15.2 Å². The van der Waals surface area contributed by atoms with Gasteiger partial charge in [0.05, 0.1) is 13.7 Å². The number of rotatable bonds is 2. The lowest BCUT2D eigenvalue weighted by atomic mass is 9.95. The van der Waals surface area contributed by atoms with Crippen LogP contribution in [0.25, 0.3) is 0 Å². The van der Waals surface area contributed by atoms with Gasteiger partial charge < -0.3 is 15.2 Å². The van der Waals surface area contributed by atoms with Gasteiger partial charge in [-0.3, -0.25) is 0 Å². The number of hydrogen-bond donors (Lipinski definition) is 1. The highest BCUT2D eigenvalue weighted by atomic mass is 16.5. The van der Waals surface area contributed by atoms with Crippen LogP contribution >= 0.6 is 0 Å². The number of nitrogens with two attached hydrogens (primary N) is 1. The molecule has 0 amide bonds. The van der Waals surface area contributed by atoms with Crippen LogP contribution in [0.1, 0.15) is 18.4 Å². The summed E-state index contributed by atoms with van der Waals surface area (Å²) in [5, 5.41) is 0. The van der Waals surface area contributed by atoms with Crippen LogP contribution in [0.5, 0.6) is 11.5 Å². The molecule has 0 fully saturated rings. The zero-order chi connectivity index (χ0) is 10.1. The molecule has 3 nitrogen and oxygen atoms in total. The Morgan fingerprint density at radius 2 is 2.36 bits per heavy atom. The molecule has 3 heteroatoms. The summed E-state index contributed by atoms with van der Waals surface area (Å²) in [5.41, 5.74) is 7.07. The molecule has 14 heavy (non-hydrogen) atoms. The Hall–Kier alpha value is -1.22. The van der Waals surface area contributed by atoms with E-state index in [0.717, 1.165) is 11.5 Å². The highest BCUT2D eigenvalue weighted by Crippen LogP contribution is 2.37. The topological polar surface area (TPSA) is 44.5 Å². The second-order valence-corrected chi connectivity index (χ2v) is 3.68. The molecular weight excluding hydrogens is 178 g/mol. The molecule has 1 aliphatic heterocycles. The molecule has 0 saturated heterocycles. The van der Waals surface area contributed by atoms with Crippen molar-refractivity contribution < 1.29 is 9.47 Å². The van der Waals surface area contributed by atoms with Crippen LogP contribution in [0.4, 0.5) is 0 Å². The maximum atomic E-state index is 5.87. The second-order valence-electron chi connectivity index (χ2n) is 3.68. The van der Waals surface area contributed by atoms with Gasteiger partial charge >= 0.3 is 0 Å². The normalized spacial score (nSPS) is 21.2.